The standard InChI is InChI=1S/C20H19N3/c1-13(2)17-11-12-21-20(22-17)16-9-6-8-15-14-7-4-5-10-18(14)23(3)19(15)16/h4-5,7,9-12H,1,6,8H2,2-3H3. The minimum absolute atomic E-state index is 0.789. The Morgan fingerprint density at radius 2 is 2.04 bits per heavy atom. The van der Waals surface area contributed by atoms with Crippen molar-refractivity contribution in [3.05, 3.63) is 72.0 Å². The number of para-hydroxylation sites is 1. The largest absolute Gasteiger partial charge is 0.343 e. The Balaban J connectivity index is 1.95. The third kappa shape index (κ3) is 2.12. The molecule has 0 radical (unpaired) electrons. The molecule has 0 aliphatic heterocycles. The monoisotopic (exact) mass is 301 g/mol. The predicted octanol–water partition coefficient (Wildman–Crippen LogP) is 4.38. The summed E-state index contributed by atoms with van der Waals surface area (Å²) < 4.78 is 2.27. The van der Waals surface area contributed by atoms with Crippen LogP contribution in [0, 0.1) is 0 Å². The fourth-order valence-electron chi connectivity index (χ4n) is 3.45. The molecular weight excluding hydrogens is 282 g/mol. The Bertz CT molecular complexity index is 960. The van der Waals surface area contributed by atoms with Gasteiger partial charge in [0.25, 0.3) is 0 Å². The Hall–Kier alpha value is -2.68. The second-order valence-electron chi connectivity index (χ2n) is 6.11. The fourth-order valence-corrected chi connectivity index (χ4v) is 3.45. The molecule has 0 N–H and O–H groups in total. The van der Waals surface area contributed by atoms with Crippen LogP contribution in [-0.4, -0.2) is 14.5 Å². The molecule has 0 saturated carbocycles. The second kappa shape index (κ2) is 5.20. The third-order valence-corrected chi connectivity index (χ3v) is 4.54. The summed E-state index contributed by atoms with van der Waals surface area (Å²) in [5.41, 5.74) is 6.92. The van der Waals surface area contributed by atoms with E-state index in [0.717, 1.165) is 35.5 Å². The van der Waals surface area contributed by atoms with E-state index in [1.165, 1.54) is 22.2 Å². The van der Waals surface area contributed by atoms with Gasteiger partial charge >= 0.3 is 0 Å². The lowest BCUT2D eigenvalue weighted by molar-refractivity contribution is 0.890. The summed E-state index contributed by atoms with van der Waals surface area (Å²) in [6, 6.07) is 10.5. The Morgan fingerprint density at radius 1 is 1.22 bits per heavy atom. The van der Waals surface area contributed by atoms with Crippen molar-refractivity contribution in [3.8, 4) is 0 Å². The van der Waals surface area contributed by atoms with Gasteiger partial charge in [-0.25, -0.2) is 9.97 Å². The topological polar surface area (TPSA) is 30.7 Å². The summed E-state index contributed by atoms with van der Waals surface area (Å²) >= 11 is 0. The molecule has 0 atom stereocenters. The van der Waals surface area contributed by atoms with Crippen molar-refractivity contribution < 1.29 is 0 Å². The molecule has 0 fully saturated rings. The maximum Gasteiger partial charge on any atom is 0.161 e. The van der Waals surface area contributed by atoms with Gasteiger partial charge in [0.2, 0.25) is 0 Å². The normalized spacial score (nSPS) is 13.7. The fraction of sp³-hybridized carbons (Fsp3) is 0.200. The molecule has 0 unspecified atom stereocenters. The summed E-state index contributed by atoms with van der Waals surface area (Å²) in [6.07, 6.45) is 6.18. The lowest BCUT2D eigenvalue weighted by Gasteiger charge is -2.16. The van der Waals surface area contributed by atoms with Crippen LogP contribution in [-0.2, 0) is 13.5 Å². The van der Waals surface area contributed by atoms with Gasteiger partial charge < -0.3 is 4.57 Å². The second-order valence-corrected chi connectivity index (χ2v) is 6.11. The first-order chi connectivity index (χ1) is 11.2. The Labute approximate surface area is 136 Å². The van der Waals surface area contributed by atoms with Gasteiger partial charge in [0, 0.05) is 29.7 Å². The van der Waals surface area contributed by atoms with Crippen LogP contribution in [0.4, 0.5) is 0 Å². The van der Waals surface area contributed by atoms with Gasteiger partial charge in [-0.15, -0.1) is 0 Å². The smallest absolute Gasteiger partial charge is 0.161 e. The molecule has 1 aliphatic carbocycles. The summed E-state index contributed by atoms with van der Waals surface area (Å²) in [6.45, 7) is 5.97. The van der Waals surface area contributed by atoms with E-state index in [2.05, 4.69) is 53.5 Å². The first-order valence-corrected chi connectivity index (χ1v) is 7.93. The molecule has 1 aliphatic rings. The van der Waals surface area contributed by atoms with Gasteiger partial charge in [0.15, 0.2) is 5.82 Å². The number of fused-ring (bicyclic) bond motifs is 3. The first-order valence-electron chi connectivity index (χ1n) is 7.93. The van der Waals surface area contributed by atoms with Gasteiger partial charge in [-0.3, -0.25) is 0 Å². The van der Waals surface area contributed by atoms with Crippen LogP contribution in [0.2, 0.25) is 0 Å². The zero-order valence-electron chi connectivity index (χ0n) is 13.5. The van der Waals surface area contributed by atoms with Crippen molar-refractivity contribution in [1.29, 1.82) is 0 Å². The number of aryl methyl sites for hydroxylation is 2. The van der Waals surface area contributed by atoms with Crippen molar-refractivity contribution >= 4 is 22.0 Å². The van der Waals surface area contributed by atoms with Crippen molar-refractivity contribution in [2.24, 2.45) is 7.05 Å². The minimum atomic E-state index is 0.789. The molecule has 3 nitrogen and oxygen atoms in total. The number of nitrogens with zero attached hydrogens (tertiary/aromatic N) is 3. The van der Waals surface area contributed by atoms with Crippen LogP contribution >= 0.6 is 0 Å². The highest BCUT2D eigenvalue weighted by atomic mass is 15.0. The maximum atomic E-state index is 4.71. The van der Waals surface area contributed by atoms with Gasteiger partial charge in [-0.1, -0.05) is 30.9 Å². The highest BCUT2D eigenvalue weighted by Gasteiger charge is 2.23. The molecule has 2 aromatic heterocycles. The molecule has 23 heavy (non-hydrogen) atoms. The van der Waals surface area contributed by atoms with Gasteiger partial charge in [-0.2, -0.15) is 0 Å². The molecular formula is C20H19N3. The lowest BCUT2D eigenvalue weighted by atomic mass is 9.94. The quantitative estimate of drug-likeness (QED) is 0.703. The molecule has 1 aromatic carbocycles. The third-order valence-electron chi connectivity index (χ3n) is 4.54. The van der Waals surface area contributed by atoms with Gasteiger partial charge in [-0.05, 0) is 43.0 Å². The van der Waals surface area contributed by atoms with Gasteiger partial charge in [0.1, 0.15) is 0 Å². The van der Waals surface area contributed by atoms with E-state index in [9.17, 15) is 0 Å². The van der Waals surface area contributed by atoms with Crippen LogP contribution in [0.25, 0.3) is 22.0 Å². The summed E-state index contributed by atoms with van der Waals surface area (Å²) in [5.74, 6) is 0.789. The number of aromatic nitrogens is 3. The van der Waals surface area contributed by atoms with Crippen molar-refractivity contribution in [1.82, 2.24) is 14.5 Å². The summed E-state index contributed by atoms with van der Waals surface area (Å²) in [7, 11) is 2.13. The molecule has 0 spiro atoms. The maximum absolute atomic E-state index is 4.71. The minimum Gasteiger partial charge on any atom is -0.343 e. The van der Waals surface area contributed by atoms with Crippen LogP contribution in [0.1, 0.15) is 36.1 Å². The highest BCUT2D eigenvalue weighted by molar-refractivity contribution is 5.93. The molecule has 3 heteroatoms. The van der Waals surface area contributed by atoms with Crippen LogP contribution in [0.5, 0.6) is 0 Å². The average Bonchev–Trinajstić information content (AvgIpc) is 2.88. The van der Waals surface area contributed by atoms with E-state index in [4.69, 9.17) is 4.98 Å². The van der Waals surface area contributed by atoms with E-state index >= 15 is 0 Å². The van der Waals surface area contributed by atoms with E-state index in [1.54, 1.807) is 0 Å². The molecule has 0 bridgehead atoms. The van der Waals surface area contributed by atoms with Crippen molar-refractivity contribution in [2.45, 2.75) is 19.8 Å². The van der Waals surface area contributed by atoms with Gasteiger partial charge in [0.05, 0.1) is 11.4 Å². The zero-order valence-corrected chi connectivity index (χ0v) is 13.5. The number of hydrogen-bond acceptors (Lipinski definition) is 2. The molecule has 4 rings (SSSR count). The SMILES string of the molecule is C=C(C)c1ccnc(C2=CCCc3c2n(C)c2ccccc32)n1. The van der Waals surface area contributed by atoms with Crippen LogP contribution in [0.15, 0.2) is 49.2 Å². The average molecular weight is 301 g/mol. The molecule has 2 heterocycles. The Kier molecular flexibility index (Phi) is 3.15. The highest BCUT2D eigenvalue weighted by Crippen LogP contribution is 2.36. The lowest BCUT2D eigenvalue weighted by Crippen LogP contribution is -2.07. The van der Waals surface area contributed by atoms with Crippen LogP contribution < -0.4 is 0 Å². The Morgan fingerprint density at radius 3 is 2.87 bits per heavy atom. The number of benzene rings is 1. The summed E-state index contributed by atoms with van der Waals surface area (Å²) in [5, 5.41) is 1.34. The number of hydrogen-bond donors (Lipinski definition) is 0. The van der Waals surface area contributed by atoms with E-state index in [-0.39, 0.29) is 0 Å². The van der Waals surface area contributed by atoms with E-state index < -0.39 is 0 Å². The zero-order chi connectivity index (χ0) is 16.0. The van der Waals surface area contributed by atoms with Crippen molar-refractivity contribution in [3.63, 3.8) is 0 Å². The molecule has 3 aromatic rings. The number of allylic oxidation sites excluding steroid dienone is 2. The number of rotatable bonds is 2. The molecule has 0 amide bonds. The summed E-state index contributed by atoms with van der Waals surface area (Å²) in [4.78, 5) is 9.24. The first kappa shape index (κ1) is 13.9. The van der Waals surface area contributed by atoms with Crippen LogP contribution in [0.3, 0.4) is 0 Å². The van der Waals surface area contributed by atoms with Crippen molar-refractivity contribution in [2.75, 3.05) is 0 Å². The van der Waals surface area contributed by atoms with E-state index in [0.29, 0.717) is 0 Å². The molecule has 114 valence electrons. The molecule has 0 saturated heterocycles. The predicted molar refractivity (Wildman–Crippen MR) is 95.1 cm³/mol. The van der Waals surface area contributed by atoms with E-state index in [1.807, 2.05) is 19.2 Å².